The predicted molar refractivity (Wildman–Crippen MR) is 216 cm³/mol. The van der Waals surface area contributed by atoms with Gasteiger partial charge in [0.05, 0.1) is 6.61 Å². The van der Waals surface area contributed by atoms with E-state index < -0.39 is 91.3 Å². The van der Waals surface area contributed by atoms with Crippen molar-refractivity contribution in [2.75, 3.05) is 13.2 Å². The summed E-state index contributed by atoms with van der Waals surface area (Å²) in [4.78, 5) is 72.3. The highest BCUT2D eigenvalue weighted by Gasteiger charge is 2.56. The maximum atomic E-state index is 13.0. The van der Waals surface area contributed by atoms with Gasteiger partial charge in [0.15, 0.2) is 6.10 Å². The normalized spacial score (nSPS) is 20.9. The molecule has 0 aromatic rings. The molecule has 0 bridgehead atoms. The maximum Gasteiger partial charge on any atom is 0.472 e. The number of rotatable bonds is 26. The van der Waals surface area contributed by atoms with Crippen LogP contribution < -0.4 is 0 Å². The molecule has 0 saturated heterocycles. The number of phosphoric ester groups is 3. The van der Waals surface area contributed by atoms with Crippen LogP contribution in [0.4, 0.5) is 0 Å². The molecule has 1 saturated carbocycles. The summed E-state index contributed by atoms with van der Waals surface area (Å²) in [6, 6.07) is 0. The Balaban J connectivity index is 2.95. The molecule has 0 aromatic heterocycles. The van der Waals surface area contributed by atoms with E-state index in [1.807, 2.05) is 5.92 Å². The van der Waals surface area contributed by atoms with Crippen molar-refractivity contribution in [1.29, 1.82) is 0 Å². The lowest BCUT2D eigenvalue weighted by atomic mass is 9.85. The van der Waals surface area contributed by atoms with E-state index in [0.29, 0.717) is 12.8 Å². The van der Waals surface area contributed by atoms with Crippen LogP contribution in [0.2, 0.25) is 0 Å². The first kappa shape index (κ1) is 55.5. The summed E-state index contributed by atoms with van der Waals surface area (Å²) in [5, 5.41) is 31.7. The van der Waals surface area contributed by atoms with Crippen LogP contribution >= 0.6 is 23.5 Å². The molecular formula is C39H53O19P3. The van der Waals surface area contributed by atoms with Crippen molar-refractivity contribution in [3.8, 4) is 71.0 Å². The van der Waals surface area contributed by atoms with Gasteiger partial charge < -0.3 is 49.3 Å². The third kappa shape index (κ3) is 27.2. The maximum absolute atomic E-state index is 13.0. The Morgan fingerprint density at radius 3 is 1.46 bits per heavy atom. The van der Waals surface area contributed by atoms with Gasteiger partial charge in [-0.05, 0) is 72.5 Å². The highest BCUT2D eigenvalue weighted by molar-refractivity contribution is 7.47. The monoisotopic (exact) mass is 918 g/mol. The van der Waals surface area contributed by atoms with Crippen molar-refractivity contribution in [2.45, 2.75) is 146 Å². The zero-order valence-corrected chi connectivity index (χ0v) is 36.4. The van der Waals surface area contributed by atoms with Crippen LogP contribution in [0.3, 0.4) is 0 Å². The summed E-state index contributed by atoms with van der Waals surface area (Å²) in [6.07, 6.45) is -2.99. The van der Waals surface area contributed by atoms with Crippen molar-refractivity contribution in [3.63, 3.8) is 0 Å². The first-order chi connectivity index (χ1) is 28.8. The van der Waals surface area contributed by atoms with E-state index in [1.165, 1.54) is 44.9 Å². The van der Waals surface area contributed by atoms with Crippen LogP contribution in [-0.4, -0.2) is 108 Å². The number of aliphatic hydroxyl groups is 3. The summed E-state index contributed by atoms with van der Waals surface area (Å²) >= 11 is 0. The molecule has 22 heteroatoms. The Kier molecular flexibility index (Phi) is 27.8. The Morgan fingerprint density at radius 1 is 0.557 bits per heavy atom. The number of hydrogen-bond donors (Lipinski definition) is 8. The van der Waals surface area contributed by atoms with Gasteiger partial charge >= 0.3 is 35.4 Å². The second-order valence-electron chi connectivity index (χ2n) is 13.3. The molecule has 1 fully saturated rings. The third-order valence-corrected chi connectivity index (χ3v) is 10.3. The van der Waals surface area contributed by atoms with Gasteiger partial charge in [-0.1, -0.05) is 89.9 Å². The van der Waals surface area contributed by atoms with Gasteiger partial charge in [0.1, 0.15) is 43.2 Å². The van der Waals surface area contributed by atoms with Gasteiger partial charge in [-0.25, -0.2) is 18.5 Å². The third-order valence-electron chi connectivity index (χ3n) is 8.25. The zero-order valence-electron chi connectivity index (χ0n) is 33.8. The molecule has 0 radical (unpaired) electrons. The standard InChI is InChI=1S/C39H53O19P3/c1-3-5-7-9-11-13-15-16-18-20-22-24-26-28-33(41)55-31(29-53-32(40)27-25-23-21-19-17-14-12-10-8-6-4-2)30-54-61(51,52)58-37-34(42)35(43)38(56-59(45,46)47)39(36(37)44)57-60(48,49)50/h31,34-39,42-44H,3,5,7,9,11,13,15-16,18,20,22,24,26,28-30H2,1-2H3,(H,51,52)(H2,45,46,47)(H2,48,49,50)/t31-,34?,35+,36-,37?,38-,39?/m1/s1. The average molecular weight is 919 g/mol. The molecule has 0 amide bonds. The highest BCUT2D eigenvalue weighted by atomic mass is 31.2. The number of hydrogen-bond acceptors (Lipinski definition) is 14. The molecule has 338 valence electrons. The topological polar surface area (TPSA) is 303 Å². The first-order valence-corrected chi connectivity index (χ1v) is 23.8. The van der Waals surface area contributed by atoms with Crippen molar-refractivity contribution in [3.05, 3.63) is 0 Å². The lowest BCUT2D eigenvalue weighted by molar-refractivity contribution is -0.213. The number of unbranched alkanes of at least 4 members (excludes halogenated alkanes) is 12. The molecule has 0 spiro atoms. The molecule has 8 N–H and O–H groups in total. The van der Waals surface area contributed by atoms with Crippen molar-refractivity contribution >= 4 is 35.4 Å². The molecule has 19 nitrogen and oxygen atoms in total. The Hall–Kier alpha value is -3.49. The minimum atomic E-state index is -5.63. The van der Waals surface area contributed by atoms with Gasteiger partial charge in [0.2, 0.25) is 0 Å². The predicted octanol–water partition coefficient (Wildman–Crippen LogP) is 2.52. The zero-order chi connectivity index (χ0) is 45.7. The minimum Gasteiger partial charge on any atom is -0.456 e. The molecule has 8 atom stereocenters. The molecule has 61 heavy (non-hydrogen) atoms. The molecule has 0 aliphatic heterocycles. The average Bonchev–Trinajstić information content (AvgIpc) is 3.18. The Labute approximate surface area is 356 Å². The molecule has 1 aliphatic carbocycles. The number of esters is 2. The molecular weight excluding hydrogens is 865 g/mol. The summed E-state index contributed by atoms with van der Waals surface area (Å²) in [7, 11) is -16.7. The van der Waals surface area contributed by atoms with Crippen molar-refractivity contribution < 1.29 is 90.6 Å². The molecule has 1 rings (SSSR count). The van der Waals surface area contributed by atoms with Crippen LogP contribution in [0.25, 0.3) is 0 Å². The Morgan fingerprint density at radius 2 is 0.984 bits per heavy atom. The van der Waals surface area contributed by atoms with E-state index >= 15 is 0 Å². The van der Waals surface area contributed by atoms with Crippen LogP contribution in [0.5, 0.6) is 0 Å². The van der Waals surface area contributed by atoms with Gasteiger partial charge in [0.25, 0.3) is 0 Å². The van der Waals surface area contributed by atoms with Gasteiger partial charge in [0, 0.05) is 12.3 Å². The second-order valence-corrected chi connectivity index (χ2v) is 17.0. The Bertz CT molecular complexity index is 1930. The fraction of sp³-hybridized carbons (Fsp3) is 0.641. The molecule has 1 aliphatic rings. The highest BCUT2D eigenvalue weighted by Crippen LogP contribution is 2.51. The summed E-state index contributed by atoms with van der Waals surface area (Å²) in [5.41, 5.74) is 0. The van der Waals surface area contributed by atoms with E-state index in [4.69, 9.17) is 18.5 Å². The smallest absolute Gasteiger partial charge is 0.456 e. The summed E-state index contributed by atoms with van der Waals surface area (Å²) < 4.78 is 64.5. The second kappa shape index (κ2) is 30.5. The quantitative estimate of drug-likeness (QED) is 0.0203. The number of phosphoric acid groups is 3. The van der Waals surface area contributed by atoms with Crippen molar-refractivity contribution in [2.24, 2.45) is 0 Å². The van der Waals surface area contributed by atoms with Crippen LogP contribution in [-0.2, 0) is 50.9 Å². The van der Waals surface area contributed by atoms with E-state index in [1.54, 1.807) is 6.92 Å². The number of carbonyl (C=O) groups is 2. The number of carbonyl (C=O) groups excluding carboxylic acids is 2. The number of ether oxygens (including phenoxy) is 2. The van der Waals surface area contributed by atoms with E-state index in [-0.39, 0.29) is 6.42 Å². The first-order valence-electron chi connectivity index (χ1n) is 19.3. The van der Waals surface area contributed by atoms with E-state index in [2.05, 4.69) is 81.1 Å². The molecule has 0 aromatic carbocycles. The fourth-order valence-corrected chi connectivity index (χ4v) is 7.56. The summed E-state index contributed by atoms with van der Waals surface area (Å²) in [5.74, 6) is 26.3. The molecule has 4 unspecified atom stereocenters. The van der Waals surface area contributed by atoms with E-state index in [9.17, 15) is 63.1 Å². The lowest BCUT2D eigenvalue weighted by Gasteiger charge is -2.44. The van der Waals surface area contributed by atoms with E-state index in [0.717, 1.165) is 25.7 Å². The molecule has 0 heterocycles. The van der Waals surface area contributed by atoms with Gasteiger partial charge in [-0.2, -0.15) is 0 Å². The van der Waals surface area contributed by atoms with Gasteiger partial charge in [-0.15, -0.1) is 0 Å². The largest absolute Gasteiger partial charge is 0.472 e. The van der Waals surface area contributed by atoms with Crippen LogP contribution in [0.15, 0.2) is 0 Å². The minimum absolute atomic E-state index is 0.0765. The lowest BCUT2D eigenvalue weighted by Crippen LogP contribution is -2.65. The van der Waals surface area contributed by atoms with Gasteiger partial charge in [-0.3, -0.25) is 22.9 Å². The van der Waals surface area contributed by atoms with Crippen LogP contribution in [0, 0.1) is 71.0 Å². The summed E-state index contributed by atoms with van der Waals surface area (Å²) in [6.45, 7) is 1.99. The van der Waals surface area contributed by atoms with Crippen LogP contribution in [0.1, 0.15) is 104 Å². The van der Waals surface area contributed by atoms with Crippen molar-refractivity contribution in [1.82, 2.24) is 0 Å². The fourth-order valence-electron chi connectivity index (χ4n) is 5.46. The number of aliphatic hydroxyl groups excluding tert-OH is 3. The SMILES string of the molecule is CC#CC#CC#CC#CC#CC#CC(=O)OC[C@H](COP(=O)(O)OC1C(O)[C@H](O)[C@@H](OP(=O)(O)O)C(OP(=O)(O)O)[C@@H]1O)OC(=O)CCCCCCCCCCCCCCC.